The maximum atomic E-state index is 6.29. The Labute approximate surface area is 128 Å². The zero-order chi connectivity index (χ0) is 15.4. The molecule has 0 amide bonds. The van der Waals surface area contributed by atoms with Gasteiger partial charge in [-0.2, -0.15) is 0 Å². The predicted octanol–water partition coefficient (Wildman–Crippen LogP) is 3.69. The number of benzene rings is 1. The molecule has 2 rings (SSSR count). The first kappa shape index (κ1) is 15.8. The number of hydrogen-bond acceptors (Lipinski definition) is 4. The predicted molar refractivity (Wildman–Crippen MR) is 88.4 cm³/mol. The summed E-state index contributed by atoms with van der Waals surface area (Å²) in [5.41, 5.74) is 8.13. The van der Waals surface area contributed by atoms with Gasteiger partial charge in [0.1, 0.15) is 13.2 Å². The highest BCUT2D eigenvalue weighted by Crippen LogP contribution is 2.39. The molecule has 4 heteroatoms. The van der Waals surface area contributed by atoms with E-state index in [4.69, 9.17) is 15.2 Å². The lowest BCUT2D eigenvalue weighted by atomic mass is 10.0. The van der Waals surface area contributed by atoms with E-state index in [9.17, 15) is 0 Å². The highest BCUT2D eigenvalue weighted by molar-refractivity contribution is 5.73. The summed E-state index contributed by atoms with van der Waals surface area (Å²) in [6.45, 7) is 11.1. The molecule has 118 valence electrons. The van der Waals surface area contributed by atoms with E-state index in [1.54, 1.807) is 0 Å². The smallest absolute Gasteiger partial charge is 0.163 e. The third-order valence-electron chi connectivity index (χ3n) is 3.95. The molecule has 0 radical (unpaired) electrons. The van der Waals surface area contributed by atoms with Crippen molar-refractivity contribution in [3.8, 4) is 11.5 Å². The number of rotatable bonds is 6. The summed E-state index contributed by atoms with van der Waals surface area (Å²) in [5, 5.41) is 0. The van der Waals surface area contributed by atoms with Crippen molar-refractivity contribution < 1.29 is 9.47 Å². The molecule has 0 aromatic heterocycles. The first-order valence-corrected chi connectivity index (χ1v) is 8.02. The van der Waals surface area contributed by atoms with Crippen LogP contribution in [-0.2, 0) is 0 Å². The van der Waals surface area contributed by atoms with E-state index in [2.05, 4.69) is 32.6 Å². The highest BCUT2D eigenvalue weighted by atomic mass is 16.6. The second-order valence-electron chi connectivity index (χ2n) is 6.07. The van der Waals surface area contributed by atoms with Crippen molar-refractivity contribution in [1.82, 2.24) is 0 Å². The van der Waals surface area contributed by atoms with Gasteiger partial charge in [0.25, 0.3) is 0 Å². The Kier molecular flexibility index (Phi) is 5.21. The minimum absolute atomic E-state index is 0.497. The van der Waals surface area contributed by atoms with Crippen LogP contribution in [0.15, 0.2) is 12.1 Å². The van der Waals surface area contributed by atoms with Crippen molar-refractivity contribution in [2.45, 2.75) is 46.6 Å². The lowest BCUT2D eigenvalue weighted by Crippen LogP contribution is -2.38. The summed E-state index contributed by atoms with van der Waals surface area (Å²) in [7, 11) is 0. The summed E-state index contributed by atoms with van der Waals surface area (Å²) in [5.74, 6) is 2.15. The van der Waals surface area contributed by atoms with Crippen molar-refractivity contribution in [1.29, 1.82) is 0 Å². The van der Waals surface area contributed by atoms with Crippen molar-refractivity contribution in [2.24, 2.45) is 5.92 Å². The zero-order valence-electron chi connectivity index (χ0n) is 13.7. The van der Waals surface area contributed by atoms with E-state index in [0.29, 0.717) is 25.2 Å². The molecule has 0 saturated heterocycles. The van der Waals surface area contributed by atoms with Crippen LogP contribution in [0.1, 0.15) is 40.5 Å². The maximum absolute atomic E-state index is 6.29. The maximum Gasteiger partial charge on any atom is 0.163 e. The molecule has 1 heterocycles. The normalized spacial score (nSPS) is 13.8. The summed E-state index contributed by atoms with van der Waals surface area (Å²) >= 11 is 0. The van der Waals surface area contributed by atoms with Crippen molar-refractivity contribution in [3.05, 3.63) is 12.1 Å². The quantitative estimate of drug-likeness (QED) is 0.812. The fourth-order valence-electron chi connectivity index (χ4n) is 2.91. The third kappa shape index (κ3) is 3.55. The van der Waals surface area contributed by atoms with Gasteiger partial charge >= 0.3 is 0 Å². The molecule has 1 aromatic rings. The SMILES string of the molecule is CCC(CC)N(CC(C)C)c1cc2c(cc1N)OCCO2. The molecule has 0 aliphatic carbocycles. The van der Waals surface area contributed by atoms with Crippen molar-refractivity contribution in [2.75, 3.05) is 30.4 Å². The molecule has 0 atom stereocenters. The van der Waals surface area contributed by atoms with Crippen LogP contribution in [0.3, 0.4) is 0 Å². The van der Waals surface area contributed by atoms with Crippen molar-refractivity contribution in [3.63, 3.8) is 0 Å². The molecule has 21 heavy (non-hydrogen) atoms. The number of nitrogens with zero attached hydrogens (tertiary/aromatic N) is 1. The molecule has 1 aliphatic rings. The van der Waals surface area contributed by atoms with Gasteiger partial charge in [-0.3, -0.25) is 0 Å². The van der Waals surface area contributed by atoms with Gasteiger partial charge in [-0.25, -0.2) is 0 Å². The van der Waals surface area contributed by atoms with Crippen molar-refractivity contribution >= 4 is 11.4 Å². The average Bonchev–Trinajstić information content (AvgIpc) is 2.46. The Morgan fingerprint density at radius 1 is 1.10 bits per heavy atom. The molecule has 4 nitrogen and oxygen atoms in total. The van der Waals surface area contributed by atoms with E-state index in [-0.39, 0.29) is 0 Å². The summed E-state index contributed by atoms with van der Waals surface area (Å²) in [6.07, 6.45) is 2.22. The molecule has 0 unspecified atom stereocenters. The van der Waals surface area contributed by atoms with Gasteiger partial charge in [0.05, 0.1) is 11.4 Å². The molecule has 1 aliphatic heterocycles. The number of anilines is 2. The van der Waals surface area contributed by atoms with Crippen LogP contribution in [-0.4, -0.2) is 25.8 Å². The molecule has 0 spiro atoms. The van der Waals surface area contributed by atoms with E-state index in [1.165, 1.54) is 0 Å². The Hall–Kier alpha value is -1.58. The molecule has 1 aromatic carbocycles. The second-order valence-corrected chi connectivity index (χ2v) is 6.07. The summed E-state index contributed by atoms with van der Waals surface area (Å²) in [6, 6.07) is 4.45. The Bertz CT molecular complexity index is 470. The highest BCUT2D eigenvalue weighted by Gasteiger charge is 2.22. The van der Waals surface area contributed by atoms with Gasteiger partial charge in [-0.1, -0.05) is 27.7 Å². The molecule has 0 saturated carbocycles. The van der Waals surface area contributed by atoms with E-state index < -0.39 is 0 Å². The second kappa shape index (κ2) is 6.92. The number of nitrogen functional groups attached to an aromatic ring is 1. The number of fused-ring (bicyclic) bond motifs is 1. The van der Waals surface area contributed by atoms with Crippen LogP contribution in [0.25, 0.3) is 0 Å². The number of ether oxygens (including phenoxy) is 2. The first-order valence-electron chi connectivity index (χ1n) is 8.02. The third-order valence-corrected chi connectivity index (χ3v) is 3.95. The summed E-state index contributed by atoms with van der Waals surface area (Å²) in [4.78, 5) is 2.43. The van der Waals surface area contributed by atoms with E-state index in [1.807, 2.05) is 12.1 Å². The number of nitrogens with two attached hydrogens (primary N) is 1. The van der Waals surface area contributed by atoms with Gasteiger partial charge in [0.15, 0.2) is 11.5 Å². The van der Waals surface area contributed by atoms with Crippen LogP contribution >= 0.6 is 0 Å². The molecular weight excluding hydrogens is 264 g/mol. The van der Waals surface area contributed by atoms with Crippen LogP contribution in [0.4, 0.5) is 11.4 Å². The number of hydrogen-bond donors (Lipinski definition) is 1. The Morgan fingerprint density at radius 3 is 2.19 bits per heavy atom. The molecule has 0 bridgehead atoms. The first-order chi connectivity index (χ1) is 10.1. The van der Waals surface area contributed by atoms with Gasteiger partial charge in [-0.05, 0) is 18.8 Å². The van der Waals surface area contributed by atoms with Gasteiger partial charge in [0.2, 0.25) is 0 Å². The molecule has 0 fully saturated rings. The minimum atomic E-state index is 0.497. The lowest BCUT2D eigenvalue weighted by Gasteiger charge is -2.35. The Morgan fingerprint density at radius 2 is 1.67 bits per heavy atom. The van der Waals surface area contributed by atoms with Crippen LogP contribution < -0.4 is 20.1 Å². The van der Waals surface area contributed by atoms with Gasteiger partial charge in [0, 0.05) is 24.7 Å². The summed E-state index contributed by atoms with van der Waals surface area (Å²) < 4.78 is 11.3. The molecule has 2 N–H and O–H groups in total. The zero-order valence-corrected chi connectivity index (χ0v) is 13.7. The topological polar surface area (TPSA) is 47.7 Å². The fourth-order valence-corrected chi connectivity index (χ4v) is 2.91. The van der Waals surface area contributed by atoms with Gasteiger partial charge in [-0.15, -0.1) is 0 Å². The average molecular weight is 292 g/mol. The largest absolute Gasteiger partial charge is 0.486 e. The van der Waals surface area contributed by atoms with Crippen LogP contribution in [0.2, 0.25) is 0 Å². The van der Waals surface area contributed by atoms with Crippen LogP contribution in [0, 0.1) is 5.92 Å². The minimum Gasteiger partial charge on any atom is -0.486 e. The van der Waals surface area contributed by atoms with Crippen LogP contribution in [0.5, 0.6) is 11.5 Å². The fraction of sp³-hybridized carbons (Fsp3) is 0.647. The molecular formula is C17H28N2O2. The van der Waals surface area contributed by atoms with Gasteiger partial charge < -0.3 is 20.1 Å². The Balaban J connectivity index is 2.38. The van der Waals surface area contributed by atoms with E-state index in [0.717, 1.165) is 42.3 Å². The monoisotopic (exact) mass is 292 g/mol. The van der Waals surface area contributed by atoms with E-state index >= 15 is 0 Å². The standard InChI is InChI=1S/C17H28N2O2/c1-5-13(6-2)19(11-12(3)4)15-10-17-16(9-14(15)18)20-7-8-21-17/h9-10,12-13H,5-8,11,18H2,1-4H3. The lowest BCUT2D eigenvalue weighted by molar-refractivity contribution is 0.171.